The molecule has 0 heterocycles. The fourth-order valence-electron chi connectivity index (χ4n) is 4.22. The maximum atomic E-state index is 3.80. The molecule has 0 saturated heterocycles. The molecule has 4 unspecified atom stereocenters. The maximum Gasteiger partial charge on any atom is 0.00721 e. The third-order valence-electron chi connectivity index (χ3n) is 4.95. The van der Waals surface area contributed by atoms with Crippen LogP contribution in [0.5, 0.6) is 0 Å². The van der Waals surface area contributed by atoms with Crippen LogP contribution in [-0.4, -0.2) is 12.1 Å². The van der Waals surface area contributed by atoms with E-state index in [9.17, 15) is 0 Å². The van der Waals surface area contributed by atoms with Crippen LogP contribution in [0.2, 0.25) is 0 Å². The van der Waals surface area contributed by atoms with Gasteiger partial charge in [0, 0.05) is 12.1 Å². The zero-order valence-electron chi connectivity index (χ0n) is 12.0. The number of fused-ring (bicyclic) bond motifs is 2. The highest BCUT2D eigenvalue weighted by molar-refractivity contribution is 4.91. The summed E-state index contributed by atoms with van der Waals surface area (Å²) in [7, 11) is 0. The Morgan fingerprint density at radius 3 is 2.53 bits per heavy atom. The van der Waals surface area contributed by atoms with Crippen LogP contribution in [0.4, 0.5) is 0 Å². The summed E-state index contributed by atoms with van der Waals surface area (Å²) in [5.41, 5.74) is 0. The fourth-order valence-corrected chi connectivity index (χ4v) is 4.22. The Bertz CT molecular complexity index is 224. The minimum absolute atomic E-state index is 0.649. The summed E-state index contributed by atoms with van der Waals surface area (Å²) in [4.78, 5) is 0. The fraction of sp³-hybridized carbons (Fsp3) is 1.00. The maximum absolute atomic E-state index is 3.80. The average Bonchev–Trinajstić information content (AvgIpc) is 2.86. The third-order valence-corrected chi connectivity index (χ3v) is 4.95. The molecule has 0 aliphatic heterocycles. The number of nitrogens with one attached hydrogen (secondary N) is 1. The van der Waals surface area contributed by atoms with Gasteiger partial charge in [-0.2, -0.15) is 0 Å². The molecule has 2 aliphatic carbocycles. The summed E-state index contributed by atoms with van der Waals surface area (Å²) in [6, 6.07) is 1.44. The molecule has 2 saturated carbocycles. The molecule has 2 fully saturated rings. The standard InChI is InChI=1S/C16H31N/c1-4-5-6-16(17-12(2)3)11-15-10-13-7-8-14(15)9-13/h12-17H,4-11H2,1-3H3. The van der Waals surface area contributed by atoms with Crippen molar-refractivity contribution >= 4 is 0 Å². The van der Waals surface area contributed by atoms with Crippen molar-refractivity contribution in [3.63, 3.8) is 0 Å². The quantitative estimate of drug-likeness (QED) is 0.693. The molecule has 0 aromatic carbocycles. The van der Waals surface area contributed by atoms with E-state index in [2.05, 4.69) is 26.1 Å². The molecule has 2 bridgehead atoms. The number of hydrogen-bond acceptors (Lipinski definition) is 1. The SMILES string of the molecule is CCCCC(CC1CC2CCC1C2)NC(C)C. The summed E-state index contributed by atoms with van der Waals surface area (Å²) in [5, 5.41) is 3.80. The van der Waals surface area contributed by atoms with Gasteiger partial charge in [-0.3, -0.25) is 0 Å². The van der Waals surface area contributed by atoms with Crippen molar-refractivity contribution in [3.05, 3.63) is 0 Å². The van der Waals surface area contributed by atoms with Crippen molar-refractivity contribution in [2.45, 2.75) is 84.2 Å². The Morgan fingerprint density at radius 2 is 2.00 bits per heavy atom. The molecule has 2 aliphatic rings. The van der Waals surface area contributed by atoms with Crippen molar-refractivity contribution < 1.29 is 0 Å². The van der Waals surface area contributed by atoms with Gasteiger partial charge in [0.05, 0.1) is 0 Å². The van der Waals surface area contributed by atoms with Crippen LogP contribution in [0.3, 0.4) is 0 Å². The molecule has 0 aromatic heterocycles. The molecule has 2 rings (SSSR count). The molecule has 100 valence electrons. The Labute approximate surface area is 108 Å². The molecular weight excluding hydrogens is 206 g/mol. The van der Waals surface area contributed by atoms with E-state index in [0.717, 1.165) is 23.8 Å². The van der Waals surface area contributed by atoms with E-state index in [1.807, 2.05) is 0 Å². The minimum Gasteiger partial charge on any atom is -0.312 e. The topological polar surface area (TPSA) is 12.0 Å². The van der Waals surface area contributed by atoms with Gasteiger partial charge in [0.25, 0.3) is 0 Å². The van der Waals surface area contributed by atoms with E-state index in [1.54, 1.807) is 19.3 Å². The largest absolute Gasteiger partial charge is 0.312 e. The van der Waals surface area contributed by atoms with Gasteiger partial charge in [0.1, 0.15) is 0 Å². The Hall–Kier alpha value is -0.0400. The first kappa shape index (κ1) is 13.4. The second-order valence-electron chi connectivity index (χ2n) is 6.83. The highest BCUT2D eigenvalue weighted by Gasteiger charge is 2.39. The highest BCUT2D eigenvalue weighted by Crippen LogP contribution is 2.50. The molecule has 17 heavy (non-hydrogen) atoms. The first-order chi connectivity index (χ1) is 8.19. The second-order valence-corrected chi connectivity index (χ2v) is 6.83. The summed E-state index contributed by atoms with van der Waals surface area (Å²) in [5.74, 6) is 3.26. The molecule has 1 nitrogen and oxygen atoms in total. The van der Waals surface area contributed by atoms with Gasteiger partial charge < -0.3 is 5.32 Å². The highest BCUT2D eigenvalue weighted by atomic mass is 14.9. The van der Waals surface area contributed by atoms with E-state index in [0.29, 0.717) is 6.04 Å². The van der Waals surface area contributed by atoms with Gasteiger partial charge in [0.2, 0.25) is 0 Å². The van der Waals surface area contributed by atoms with Crippen LogP contribution >= 0.6 is 0 Å². The number of hydrogen-bond donors (Lipinski definition) is 1. The third kappa shape index (κ3) is 3.71. The zero-order valence-corrected chi connectivity index (χ0v) is 12.0. The second kappa shape index (κ2) is 6.22. The van der Waals surface area contributed by atoms with Gasteiger partial charge in [0.15, 0.2) is 0 Å². The summed E-state index contributed by atoms with van der Waals surface area (Å²) in [6.07, 6.45) is 11.8. The summed E-state index contributed by atoms with van der Waals surface area (Å²) in [6.45, 7) is 6.89. The van der Waals surface area contributed by atoms with Crippen molar-refractivity contribution in [2.24, 2.45) is 17.8 Å². The van der Waals surface area contributed by atoms with Gasteiger partial charge in [-0.1, -0.05) is 40.0 Å². The predicted octanol–water partition coefficient (Wildman–Crippen LogP) is 4.37. The van der Waals surface area contributed by atoms with Crippen LogP contribution in [-0.2, 0) is 0 Å². The van der Waals surface area contributed by atoms with Gasteiger partial charge in [-0.25, -0.2) is 0 Å². The zero-order chi connectivity index (χ0) is 12.3. The average molecular weight is 237 g/mol. The lowest BCUT2D eigenvalue weighted by Crippen LogP contribution is -2.37. The predicted molar refractivity (Wildman–Crippen MR) is 75.1 cm³/mol. The Morgan fingerprint density at radius 1 is 1.18 bits per heavy atom. The van der Waals surface area contributed by atoms with Crippen molar-refractivity contribution in [2.75, 3.05) is 0 Å². The van der Waals surface area contributed by atoms with Gasteiger partial charge in [-0.05, 0) is 49.9 Å². The molecule has 0 aromatic rings. The van der Waals surface area contributed by atoms with Gasteiger partial charge in [-0.15, -0.1) is 0 Å². The van der Waals surface area contributed by atoms with Crippen LogP contribution in [0.1, 0.15) is 72.1 Å². The Balaban J connectivity index is 1.79. The lowest BCUT2D eigenvalue weighted by molar-refractivity contribution is 0.262. The first-order valence-corrected chi connectivity index (χ1v) is 7.95. The molecule has 0 spiro atoms. The minimum atomic E-state index is 0.649. The molecule has 0 radical (unpaired) electrons. The number of unbranched alkanes of at least 4 members (excludes halogenated alkanes) is 1. The van der Waals surface area contributed by atoms with Crippen molar-refractivity contribution in [1.29, 1.82) is 0 Å². The molecule has 0 amide bonds. The van der Waals surface area contributed by atoms with E-state index in [1.165, 1.54) is 32.1 Å². The van der Waals surface area contributed by atoms with Gasteiger partial charge >= 0.3 is 0 Å². The molecule has 1 N–H and O–H groups in total. The Kier molecular flexibility index (Phi) is 4.90. The van der Waals surface area contributed by atoms with Crippen LogP contribution in [0, 0.1) is 17.8 Å². The van der Waals surface area contributed by atoms with E-state index < -0.39 is 0 Å². The van der Waals surface area contributed by atoms with Crippen LogP contribution in [0.25, 0.3) is 0 Å². The smallest absolute Gasteiger partial charge is 0.00721 e. The van der Waals surface area contributed by atoms with Crippen molar-refractivity contribution in [3.8, 4) is 0 Å². The summed E-state index contributed by atoms with van der Waals surface area (Å²) < 4.78 is 0. The first-order valence-electron chi connectivity index (χ1n) is 7.95. The number of rotatable bonds is 7. The molecule has 4 atom stereocenters. The van der Waals surface area contributed by atoms with E-state index in [4.69, 9.17) is 0 Å². The van der Waals surface area contributed by atoms with E-state index in [-0.39, 0.29) is 0 Å². The molecule has 1 heteroatoms. The summed E-state index contributed by atoms with van der Waals surface area (Å²) >= 11 is 0. The molecular formula is C16H31N. The lowest BCUT2D eigenvalue weighted by atomic mass is 9.83. The lowest BCUT2D eigenvalue weighted by Gasteiger charge is -2.28. The van der Waals surface area contributed by atoms with Crippen LogP contribution < -0.4 is 5.32 Å². The van der Waals surface area contributed by atoms with E-state index >= 15 is 0 Å². The van der Waals surface area contributed by atoms with Crippen molar-refractivity contribution in [1.82, 2.24) is 5.32 Å². The normalized spacial score (nSPS) is 33.5. The van der Waals surface area contributed by atoms with Crippen LogP contribution in [0.15, 0.2) is 0 Å². The monoisotopic (exact) mass is 237 g/mol.